The SMILES string of the molecule is CC(C)[Si](C#Cc1ccc[n+](C)c1)(C(C)C)C(C)C. The van der Waals surface area contributed by atoms with Gasteiger partial charge in [-0.3, -0.25) is 0 Å². The van der Waals surface area contributed by atoms with E-state index in [9.17, 15) is 0 Å². The number of rotatable bonds is 3. The van der Waals surface area contributed by atoms with Gasteiger partial charge in [-0.05, 0) is 22.7 Å². The summed E-state index contributed by atoms with van der Waals surface area (Å²) in [6.45, 7) is 14.1. The molecule has 0 amide bonds. The summed E-state index contributed by atoms with van der Waals surface area (Å²) in [5.41, 5.74) is 6.96. The van der Waals surface area contributed by atoms with E-state index in [4.69, 9.17) is 0 Å². The maximum atomic E-state index is 3.75. The Kier molecular flexibility index (Phi) is 5.37. The molecule has 0 bridgehead atoms. The molecule has 2 heteroatoms. The molecule has 0 unspecified atom stereocenters. The first kappa shape index (κ1) is 16.0. The first-order valence-electron chi connectivity index (χ1n) is 7.29. The Hall–Kier alpha value is -1.07. The van der Waals surface area contributed by atoms with Crippen molar-refractivity contribution >= 4 is 8.07 Å². The van der Waals surface area contributed by atoms with Crippen LogP contribution >= 0.6 is 0 Å². The molecule has 1 heterocycles. The molecule has 0 atom stereocenters. The molecule has 1 nitrogen and oxygen atoms in total. The van der Waals surface area contributed by atoms with Crippen molar-refractivity contribution in [3.05, 3.63) is 30.1 Å². The van der Waals surface area contributed by atoms with Crippen molar-refractivity contribution < 1.29 is 4.57 Å². The highest BCUT2D eigenvalue weighted by Gasteiger charge is 2.41. The van der Waals surface area contributed by atoms with Gasteiger partial charge in [0.25, 0.3) is 0 Å². The number of nitrogens with zero attached hydrogens (tertiary/aromatic N) is 1. The Morgan fingerprint density at radius 2 is 1.53 bits per heavy atom. The Morgan fingerprint density at radius 3 is 1.95 bits per heavy atom. The van der Waals surface area contributed by atoms with Crippen LogP contribution in [0.15, 0.2) is 24.5 Å². The summed E-state index contributed by atoms with van der Waals surface area (Å²) in [6.07, 6.45) is 4.15. The van der Waals surface area contributed by atoms with Crippen LogP contribution in [0, 0.1) is 11.5 Å². The van der Waals surface area contributed by atoms with Gasteiger partial charge < -0.3 is 0 Å². The lowest BCUT2D eigenvalue weighted by atomic mass is 10.3. The molecule has 104 valence electrons. The van der Waals surface area contributed by atoms with Crippen LogP contribution < -0.4 is 4.57 Å². The molecule has 0 N–H and O–H groups in total. The average Bonchev–Trinajstić information content (AvgIpc) is 2.28. The summed E-state index contributed by atoms with van der Waals surface area (Å²) in [4.78, 5) is 0. The van der Waals surface area contributed by atoms with Gasteiger partial charge in [-0.1, -0.05) is 47.5 Å². The zero-order chi connectivity index (χ0) is 14.6. The van der Waals surface area contributed by atoms with E-state index in [0.29, 0.717) is 16.6 Å². The van der Waals surface area contributed by atoms with Gasteiger partial charge in [-0.15, -0.1) is 5.54 Å². The van der Waals surface area contributed by atoms with Crippen LogP contribution in [0.4, 0.5) is 0 Å². The molecule has 0 aliphatic heterocycles. The van der Waals surface area contributed by atoms with Gasteiger partial charge >= 0.3 is 0 Å². The van der Waals surface area contributed by atoms with Gasteiger partial charge in [0.2, 0.25) is 0 Å². The molecular formula is C17H28NSi+. The van der Waals surface area contributed by atoms with E-state index in [-0.39, 0.29) is 0 Å². The van der Waals surface area contributed by atoms with E-state index in [1.54, 1.807) is 0 Å². The Morgan fingerprint density at radius 1 is 1.00 bits per heavy atom. The van der Waals surface area contributed by atoms with E-state index in [1.165, 1.54) is 0 Å². The third-order valence-electron chi connectivity index (χ3n) is 4.23. The van der Waals surface area contributed by atoms with Crippen LogP contribution in [0.1, 0.15) is 47.1 Å². The minimum atomic E-state index is -1.60. The van der Waals surface area contributed by atoms with Crippen LogP contribution in [0.2, 0.25) is 16.6 Å². The van der Waals surface area contributed by atoms with E-state index in [0.717, 1.165) is 5.56 Å². The number of hydrogen-bond donors (Lipinski definition) is 0. The van der Waals surface area contributed by atoms with Gasteiger partial charge in [-0.25, -0.2) is 4.57 Å². The Bertz CT molecular complexity index is 456. The smallest absolute Gasteiger partial charge is 0.184 e. The monoisotopic (exact) mass is 274 g/mol. The number of hydrogen-bond acceptors (Lipinski definition) is 0. The fourth-order valence-electron chi connectivity index (χ4n) is 3.28. The Balaban J connectivity index is 3.23. The maximum Gasteiger partial charge on any atom is 0.184 e. The Labute approximate surface area is 120 Å². The second kappa shape index (κ2) is 6.39. The van der Waals surface area contributed by atoms with E-state index < -0.39 is 8.07 Å². The van der Waals surface area contributed by atoms with Gasteiger partial charge in [0.15, 0.2) is 12.4 Å². The van der Waals surface area contributed by atoms with Crippen molar-refractivity contribution in [2.24, 2.45) is 7.05 Å². The van der Waals surface area contributed by atoms with E-state index in [2.05, 4.69) is 75.9 Å². The lowest BCUT2D eigenvalue weighted by Crippen LogP contribution is -2.43. The molecule has 0 fully saturated rings. The molecular weight excluding hydrogens is 246 g/mol. The molecule has 1 aromatic rings. The fraction of sp³-hybridized carbons (Fsp3) is 0.588. The number of pyridine rings is 1. The topological polar surface area (TPSA) is 3.88 Å². The highest BCUT2D eigenvalue weighted by molar-refractivity contribution is 6.90. The summed E-state index contributed by atoms with van der Waals surface area (Å²) in [5.74, 6) is 3.46. The first-order valence-corrected chi connectivity index (χ1v) is 9.52. The summed E-state index contributed by atoms with van der Waals surface area (Å²) in [7, 11) is 0.447. The van der Waals surface area contributed by atoms with Crippen LogP contribution in [0.25, 0.3) is 0 Å². The largest absolute Gasteiger partial charge is 0.207 e. The van der Waals surface area contributed by atoms with E-state index in [1.807, 2.05) is 13.2 Å². The van der Waals surface area contributed by atoms with Gasteiger partial charge in [-0.2, -0.15) is 0 Å². The van der Waals surface area contributed by atoms with Crippen molar-refractivity contribution in [2.45, 2.75) is 58.2 Å². The maximum absolute atomic E-state index is 3.75. The van der Waals surface area contributed by atoms with Crippen molar-refractivity contribution in [1.82, 2.24) is 0 Å². The minimum Gasteiger partial charge on any atom is -0.207 e. The quantitative estimate of drug-likeness (QED) is 0.444. The molecule has 19 heavy (non-hydrogen) atoms. The molecule has 1 aromatic heterocycles. The lowest BCUT2D eigenvalue weighted by Gasteiger charge is -2.38. The normalized spacial score (nSPS) is 11.9. The van der Waals surface area contributed by atoms with Crippen LogP contribution in [-0.4, -0.2) is 8.07 Å². The highest BCUT2D eigenvalue weighted by atomic mass is 28.3. The van der Waals surface area contributed by atoms with Crippen molar-refractivity contribution in [1.29, 1.82) is 0 Å². The van der Waals surface area contributed by atoms with Crippen LogP contribution in [-0.2, 0) is 7.05 Å². The predicted octanol–water partition coefficient (Wildman–Crippen LogP) is 4.08. The standard InChI is InChI=1S/C17H28NSi/c1-14(2)19(15(3)4,16(5)6)12-10-17-9-8-11-18(7)13-17/h8-9,11,13-16H,1-7H3/q+1. The van der Waals surface area contributed by atoms with Crippen LogP contribution in [0.3, 0.4) is 0 Å². The number of aromatic nitrogens is 1. The van der Waals surface area contributed by atoms with Crippen LogP contribution in [0.5, 0.6) is 0 Å². The molecule has 0 saturated heterocycles. The van der Waals surface area contributed by atoms with Gasteiger partial charge in [0.05, 0.1) is 5.56 Å². The molecule has 0 aliphatic rings. The third kappa shape index (κ3) is 3.48. The van der Waals surface area contributed by atoms with Crippen molar-refractivity contribution in [2.75, 3.05) is 0 Å². The molecule has 1 rings (SSSR count). The van der Waals surface area contributed by atoms with Crippen molar-refractivity contribution in [3.8, 4) is 11.5 Å². The average molecular weight is 275 g/mol. The molecule has 0 radical (unpaired) electrons. The second-order valence-electron chi connectivity index (χ2n) is 6.41. The molecule has 0 spiro atoms. The summed E-state index contributed by atoms with van der Waals surface area (Å²) in [6, 6.07) is 4.17. The summed E-state index contributed by atoms with van der Waals surface area (Å²) in [5, 5.41) is 0. The fourth-order valence-corrected chi connectivity index (χ4v) is 8.50. The zero-order valence-electron chi connectivity index (χ0n) is 13.5. The second-order valence-corrected chi connectivity index (χ2v) is 12.0. The molecule has 0 saturated carbocycles. The minimum absolute atomic E-state index is 0.692. The van der Waals surface area contributed by atoms with Crippen molar-refractivity contribution in [3.63, 3.8) is 0 Å². The summed E-state index contributed by atoms with van der Waals surface area (Å²) >= 11 is 0. The zero-order valence-corrected chi connectivity index (χ0v) is 14.5. The predicted molar refractivity (Wildman–Crippen MR) is 85.5 cm³/mol. The summed E-state index contributed by atoms with van der Waals surface area (Å²) < 4.78 is 2.06. The molecule has 0 aliphatic carbocycles. The molecule has 0 aromatic carbocycles. The highest BCUT2D eigenvalue weighted by Crippen LogP contribution is 2.40. The van der Waals surface area contributed by atoms with E-state index >= 15 is 0 Å². The van der Waals surface area contributed by atoms with Gasteiger partial charge in [0.1, 0.15) is 15.1 Å². The third-order valence-corrected chi connectivity index (χ3v) is 10.5. The first-order chi connectivity index (χ1) is 8.80. The lowest BCUT2D eigenvalue weighted by molar-refractivity contribution is -0.671. The number of aryl methyl sites for hydroxylation is 1. The van der Waals surface area contributed by atoms with Gasteiger partial charge in [0, 0.05) is 6.07 Å².